The van der Waals surface area contributed by atoms with E-state index in [2.05, 4.69) is 54.5 Å². The third-order valence-electron chi connectivity index (χ3n) is 3.21. The first-order chi connectivity index (χ1) is 9.85. The van der Waals surface area contributed by atoms with E-state index in [1.54, 1.807) is 24.2 Å². The van der Waals surface area contributed by atoms with Crippen molar-refractivity contribution in [3.63, 3.8) is 0 Å². The number of hydrogen-bond acceptors (Lipinski definition) is 4. The number of oxazole rings is 1. The average molecular weight is 290 g/mol. The molecule has 0 fully saturated rings. The summed E-state index contributed by atoms with van der Waals surface area (Å²) in [5, 5.41) is 4.81. The first-order valence-electron chi connectivity index (χ1n) is 7.19. The number of benzene rings is 1. The number of thioether (sulfide) groups is 1. The zero-order valence-corrected chi connectivity index (χ0v) is 12.9. The van der Waals surface area contributed by atoms with Crippen LogP contribution in [0, 0.1) is 0 Å². The van der Waals surface area contributed by atoms with E-state index >= 15 is 0 Å². The van der Waals surface area contributed by atoms with E-state index < -0.39 is 0 Å². The van der Waals surface area contributed by atoms with E-state index in [9.17, 15) is 0 Å². The predicted octanol–water partition coefficient (Wildman–Crippen LogP) is 4.29. The fraction of sp³-hybridized carbons (Fsp3) is 0.438. The van der Waals surface area contributed by atoms with Crippen LogP contribution in [0.1, 0.15) is 38.3 Å². The van der Waals surface area contributed by atoms with Crippen LogP contribution in [0.5, 0.6) is 0 Å². The highest BCUT2D eigenvalue weighted by atomic mass is 32.2. The maximum absolute atomic E-state index is 5.38. The summed E-state index contributed by atoms with van der Waals surface area (Å²) in [6.45, 7) is 5.42. The van der Waals surface area contributed by atoms with Gasteiger partial charge in [-0.1, -0.05) is 55.9 Å². The fourth-order valence-corrected chi connectivity index (χ4v) is 3.26. The standard InChI is InChI=1S/C16H22N2OS/c1-3-10-17-15(13-8-6-5-7-9-13)14(4-2)20-16-18-11-12-19-16/h5-9,11-12,14-15,17H,3-4,10H2,1-2H3. The van der Waals surface area contributed by atoms with Gasteiger partial charge in [0.05, 0.1) is 6.20 Å². The largest absolute Gasteiger partial charge is 0.440 e. The Labute approximate surface area is 125 Å². The monoisotopic (exact) mass is 290 g/mol. The summed E-state index contributed by atoms with van der Waals surface area (Å²) in [7, 11) is 0. The van der Waals surface area contributed by atoms with Gasteiger partial charge < -0.3 is 9.73 Å². The van der Waals surface area contributed by atoms with Crippen molar-refractivity contribution < 1.29 is 4.42 Å². The molecule has 0 saturated carbocycles. The minimum absolute atomic E-state index is 0.318. The minimum atomic E-state index is 0.318. The van der Waals surface area contributed by atoms with Crippen molar-refractivity contribution in [3.05, 3.63) is 48.4 Å². The van der Waals surface area contributed by atoms with Crippen molar-refractivity contribution in [2.75, 3.05) is 6.54 Å². The molecule has 0 radical (unpaired) electrons. The molecule has 0 saturated heterocycles. The third kappa shape index (κ3) is 4.12. The van der Waals surface area contributed by atoms with Gasteiger partial charge in [-0.15, -0.1) is 0 Å². The first kappa shape index (κ1) is 15.1. The molecule has 1 aromatic carbocycles. The number of aromatic nitrogens is 1. The second-order valence-corrected chi connectivity index (χ2v) is 5.90. The first-order valence-corrected chi connectivity index (χ1v) is 8.07. The van der Waals surface area contributed by atoms with E-state index in [4.69, 9.17) is 4.42 Å². The van der Waals surface area contributed by atoms with E-state index in [0.29, 0.717) is 11.3 Å². The van der Waals surface area contributed by atoms with Crippen LogP contribution in [-0.4, -0.2) is 16.8 Å². The molecule has 0 aliphatic heterocycles. The molecule has 1 heterocycles. The Bertz CT molecular complexity index is 472. The summed E-state index contributed by atoms with van der Waals surface area (Å²) in [4.78, 5) is 4.23. The third-order valence-corrected chi connectivity index (χ3v) is 4.52. The molecule has 1 N–H and O–H groups in total. The van der Waals surface area contributed by atoms with Crippen molar-refractivity contribution >= 4 is 11.8 Å². The van der Waals surface area contributed by atoms with Gasteiger partial charge in [0.15, 0.2) is 0 Å². The highest BCUT2D eigenvalue weighted by Crippen LogP contribution is 2.33. The van der Waals surface area contributed by atoms with Crippen LogP contribution in [0.4, 0.5) is 0 Å². The smallest absolute Gasteiger partial charge is 0.255 e. The van der Waals surface area contributed by atoms with Crippen LogP contribution in [0.3, 0.4) is 0 Å². The van der Waals surface area contributed by atoms with Gasteiger partial charge in [0, 0.05) is 11.3 Å². The van der Waals surface area contributed by atoms with Gasteiger partial charge in [-0.2, -0.15) is 0 Å². The molecule has 4 heteroatoms. The Kier molecular flexibility index (Phi) is 6.15. The zero-order valence-electron chi connectivity index (χ0n) is 12.1. The molecule has 2 aromatic rings. The highest BCUT2D eigenvalue weighted by molar-refractivity contribution is 7.99. The summed E-state index contributed by atoms with van der Waals surface area (Å²) in [6, 6.07) is 10.9. The van der Waals surface area contributed by atoms with Gasteiger partial charge in [-0.25, -0.2) is 4.98 Å². The SMILES string of the molecule is CCCNC(c1ccccc1)C(CC)Sc1ncco1. The summed E-state index contributed by atoms with van der Waals surface area (Å²) in [5.74, 6) is 0. The summed E-state index contributed by atoms with van der Waals surface area (Å²) < 4.78 is 5.38. The molecular formula is C16H22N2OS. The molecule has 3 nitrogen and oxygen atoms in total. The molecule has 0 aliphatic carbocycles. The second kappa shape index (κ2) is 8.12. The molecule has 0 spiro atoms. The molecule has 0 aliphatic rings. The molecule has 0 amide bonds. The molecule has 2 atom stereocenters. The molecule has 20 heavy (non-hydrogen) atoms. The molecule has 108 valence electrons. The number of hydrogen-bond donors (Lipinski definition) is 1. The lowest BCUT2D eigenvalue weighted by Crippen LogP contribution is -2.30. The van der Waals surface area contributed by atoms with Crippen LogP contribution in [-0.2, 0) is 0 Å². The zero-order chi connectivity index (χ0) is 14.2. The molecule has 2 unspecified atom stereocenters. The molecule has 2 rings (SSSR count). The highest BCUT2D eigenvalue weighted by Gasteiger charge is 2.23. The number of nitrogens with one attached hydrogen (secondary N) is 1. The van der Waals surface area contributed by atoms with Crippen LogP contribution >= 0.6 is 11.8 Å². The van der Waals surface area contributed by atoms with Crippen LogP contribution in [0.2, 0.25) is 0 Å². The summed E-state index contributed by atoms with van der Waals surface area (Å²) in [5.41, 5.74) is 1.33. The van der Waals surface area contributed by atoms with Gasteiger partial charge in [0.2, 0.25) is 0 Å². The Hall–Kier alpha value is -1.26. The maximum Gasteiger partial charge on any atom is 0.255 e. The van der Waals surface area contributed by atoms with E-state index in [-0.39, 0.29) is 0 Å². The van der Waals surface area contributed by atoms with E-state index in [0.717, 1.165) is 24.6 Å². The Morgan fingerprint density at radius 3 is 2.65 bits per heavy atom. The molecular weight excluding hydrogens is 268 g/mol. The average Bonchev–Trinajstić information content (AvgIpc) is 3.00. The molecule has 0 bridgehead atoms. The predicted molar refractivity (Wildman–Crippen MR) is 83.9 cm³/mol. The van der Waals surface area contributed by atoms with Crippen LogP contribution in [0.25, 0.3) is 0 Å². The molecule has 1 aromatic heterocycles. The Balaban J connectivity index is 2.14. The van der Waals surface area contributed by atoms with Gasteiger partial charge in [0.1, 0.15) is 6.26 Å². The van der Waals surface area contributed by atoms with Crippen molar-refractivity contribution in [1.82, 2.24) is 10.3 Å². The number of nitrogens with zero attached hydrogens (tertiary/aromatic N) is 1. The lowest BCUT2D eigenvalue weighted by Gasteiger charge is -2.26. The topological polar surface area (TPSA) is 38.1 Å². The van der Waals surface area contributed by atoms with Crippen LogP contribution < -0.4 is 5.32 Å². The fourth-order valence-electron chi connectivity index (χ4n) is 2.21. The van der Waals surface area contributed by atoms with Crippen molar-refractivity contribution in [3.8, 4) is 0 Å². The number of rotatable bonds is 8. The lowest BCUT2D eigenvalue weighted by molar-refractivity contribution is 0.446. The van der Waals surface area contributed by atoms with Crippen molar-refractivity contribution in [1.29, 1.82) is 0 Å². The minimum Gasteiger partial charge on any atom is -0.440 e. The summed E-state index contributed by atoms with van der Waals surface area (Å²) >= 11 is 1.71. The van der Waals surface area contributed by atoms with E-state index in [1.807, 2.05) is 0 Å². The Morgan fingerprint density at radius 2 is 2.05 bits per heavy atom. The Morgan fingerprint density at radius 1 is 1.25 bits per heavy atom. The van der Waals surface area contributed by atoms with Gasteiger partial charge >= 0.3 is 0 Å². The lowest BCUT2D eigenvalue weighted by atomic mass is 10.0. The van der Waals surface area contributed by atoms with Gasteiger partial charge in [0.25, 0.3) is 5.22 Å². The van der Waals surface area contributed by atoms with Crippen molar-refractivity contribution in [2.24, 2.45) is 0 Å². The summed E-state index contributed by atoms with van der Waals surface area (Å²) in [6.07, 6.45) is 5.52. The van der Waals surface area contributed by atoms with Gasteiger partial charge in [-0.3, -0.25) is 0 Å². The normalized spacial score (nSPS) is 14.1. The second-order valence-electron chi connectivity index (χ2n) is 4.71. The quantitative estimate of drug-likeness (QED) is 0.736. The van der Waals surface area contributed by atoms with Crippen LogP contribution in [0.15, 0.2) is 52.4 Å². The van der Waals surface area contributed by atoms with Crippen molar-refractivity contribution in [2.45, 2.75) is 43.2 Å². The van der Waals surface area contributed by atoms with E-state index in [1.165, 1.54) is 5.56 Å². The maximum atomic E-state index is 5.38. The van der Waals surface area contributed by atoms with Gasteiger partial charge in [-0.05, 0) is 24.9 Å².